The van der Waals surface area contributed by atoms with E-state index in [0.717, 1.165) is 31.6 Å². The van der Waals surface area contributed by atoms with E-state index in [-0.39, 0.29) is 12.4 Å². The summed E-state index contributed by atoms with van der Waals surface area (Å²) < 4.78 is 43.1. The van der Waals surface area contributed by atoms with Gasteiger partial charge in [-0.05, 0) is 60.5 Å². The average molecular weight is 330 g/mol. The molecule has 118 valence electrons. The normalized spacial score (nSPS) is 14.0. The Morgan fingerprint density at radius 3 is 2.27 bits per heavy atom. The number of alkyl halides is 3. The summed E-state index contributed by atoms with van der Waals surface area (Å²) >= 11 is 0. The van der Waals surface area contributed by atoms with Crippen LogP contribution in [-0.2, 0) is 19.1 Å². The maximum absolute atomic E-state index is 12.5. The molecule has 1 heterocycles. The predicted molar refractivity (Wildman–Crippen MR) is 80.6 cm³/mol. The summed E-state index contributed by atoms with van der Waals surface area (Å²) in [6.45, 7) is 1.76. The fourth-order valence-corrected chi connectivity index (χ4v) is 2.37. The lowest BCUT2D eigenvalue weighted by molar-refractivity contribution is -0.137. The molecule has 0 bridgehead atoms. The van der Waals surface area contributed by atoms with Gasteiger partial charge in [-0.3, -0.25) is 0 Å². The van der Waals surface area contributed by atoms with Crippen molar-refractivity contribution in [3.05, 3.63) is 59.2 Å². The first kappa shape index (κ1) is 16.6. The quantitative estimate of drug-likeness (QED) is 0.871. The van der Waals surface area contributed by atoms with Crippen molar-refractivity contribution < 1.29 is 17.9 Å². The second-order valence-electron chi connectivity index (χ2n) is 4.98. The van der Waals surface area contributed by atoms with Gasteiger partial charge >= 0.3 is 6.18 Å². The highest BCUT2D eigenvalue weighted by Crippen LogP contribution is 2.31. The summed E-state index contributed by atoms with van der Waals surface area (Å²) in [7, 11) is 0. The Hall–Kier alpha value is -1.72. The van der Waals surface area contributed by atoms with Gasteiger partial charge in [0.1, 0.15) is 11.5 Å². The van der Waals surface area contributed by atoms with Crippen molar-refractivity contribution >= 4 is 12.4 Å². The van der Waals surface area contributed by atoms with E-state index in [1.165, 1.54) is 23.3 Å². The van der Waals surface area contributed by atoms with E-state index in [2.05, 4.69) is 5.32 Å². The van der Waals surface area contributed by atoms with Gasteiger partial charge in [0.2, 0.25) is 0 Å². The largest absolute Gasteiger partial charge is 0.457 e. The molecular weight excluding hydrogens is 315 g/mol. The standard InChI is InChI=1S/C16H14F3NO.ClH/c17-16(18,19)13-2-5-14(6-3-13)21-15-4-1-11-7-8-20-10-12(11)9-15;/h1-6,9,20H,7-8,10H2;1H. The van der Waals surface area contributed by atoms with E-state index in [9.17, 15) is 13.2 Å². The van der Waals surface area contributed by atoms with Gasteiger partial charge in [0.05, 0.1) is 5.56 Å². The van der Waals surface area contributed by atoms with Gasteiger partial charge in [0.15, 0.2) is 0 Å². The molecule has 2 aromatic rings. The molecule has 0 fully saturated rings. The molecule has 0 atom stereocenters. The van der Waals surface area contributed by atoms with Crippen LogP contribution in [-0.4, -0.2) is 6.54 Å². The molecule has 0 unspecified atom stereocenters. The van der Waals surface area contributed by atoms with Crippen LogP contribution in [0.1, 0.15) is 16.7 Å². The Morgan fingerprint density at radius 1 is 0.909 bits per heavy atom. The molecule has 1 N–H and O–H groups in total. The third-order valence-corrected chi connectivity index (χ3v) is 3.48. The number of fused-ring (bicyclic) bond motifs is 1. The van der Waals surface area contributed by atoms with Crippen LogP contribution < -0.4 is 10.1 Å². The van der Waals surface area contributed by atoms with Gasteiger partial charge in [-0.25, -0.2) is 0 Å². The smallest absolute Gasteiger partial charge is 0.416 e. The number of halogens is 4. The topological polar surface area (TPSA) is 21.3 Å². The molecule has 22 heavy (non-hydrogen) atoms. The molecule has 0 aliphatic carbocycles. The summed E-state index contributed by atoms with van der Waals surface area (Å²) in [4.78, 5) is 0. The molecule has 0 aromatic heterocycles. The first-order chi connectivity index (χ1) is 10.0. The summed E-state index contributed by atoms with van der Waals surface area (Å²) in [5, 5.41) is 3.28. The minimum absolute atomic E-state index is 0. The summed E-state index contributed by atoms with van der Waals surface area (Å²) in [6, 6.07) is 10.5. The van der Waals surface area contributed by atoms with E-state index in [1.807, 2.05) is 18.2 Å². The minimum Gasteiger partial charge on any atom is -0.457 e. The fourth-order valence-electron chi connectivity index (χ4n) is 2.37. The van der Waals surface area contributed by atoms with Crippen LogP contribution in [0.2, 0.25) is 0 Å². The zero-order valence-electron chi connectivity index (χ0n) is 11.6. The number of hydrogen-bond donors (Lipinski definition) is 1. The molecule has 1 aliphatic heterocycles. The highest BCUT2D eigenvalue weighted by Gasteiger charge is 2.30. The highest BCUT2D eigenvalue weighted by atomic mass is 35.5. The lowest BCUT2D eigenvalue weighted by Gasteiger charge is -2.18. The third-order valence-electron chi connectivity index (χ3n) is 3.48. The van der Waals surface area contributed by atoms with E-state index in [0.29, 0.717) is 11.5 Å². The first-order valence-corrected chi connectivity index (χ1v) is 6.70. The molecule has 0 saturated heterocycles. The molecule has 2 aromatic carbocycles. The van der Waals surface area contributed by atoms with Crippen LogP contribution in [0.15, 0.2) is 42.5 Å². The zero-order valence-corrected chi connectivity index (χ0v) is 12.4. The molecular formula is C16H15ClF3NO. The van der Waals surface area contributed by atoms with Crippen LogP contribution in [0.25, 0.3) is 0 Å². The van der Waals surface area contributed by atoms with Crippen molar-refractivity contribution in [2.45, 2.75) is 19.1 Å². The van der Waals surface area contributed by atoms with Crippen molar-refractivity contribution in [3.63, 3.8) is 0 Å². The molecule has 0 amide bonds. The van der Waals surface area contributed by atoms with Gasteiger partial charge in [-0.15, -0.1) is 12.4 Å². The monoisotopic (exact) mass is 329 g/mol. The summed E-state index contributed by atoms with van der Waals surface area (Å²) in [6.07, 6.45) is -3.34. The Balaban J connectivity index is 0.00000176. The molecule has 2 nitrogen and oxygen atoms in total. The molecule has 6 heteroatoms. The predicted octanol–water partition coefficient (Wildman–Crippen LogP) is 4.57. The number of nitrogens with one attached hydrogen (secondary N) is 1. The Labute approximate surface area is 132 Å². The van der Waals surface area contributed by atoms with Crippen LogP contribution in [0.3, 0.4) is 0 Å². The summed E-state index contributed by atoms with van der Waals surface area (Å²) in [5.74, 6) is 1.03. The minimum atomic E-state index is -4.32. The van der Waals surface area contributed by atoms with Gasteiger partial charge < -0.3 is 10.1 Å². The number of benzene rings is 2. The van der Waals surface area contributed by atoms with Crippen LogP contribution >= 0.6 is 12.4 Å². The number of rotatable bonds is 2. The van der Waals surface area contributed by atoms with Gasteiger partial charge in [0.25, 0.3) is 0 Å². The molecule has 1 aliphatic rings. The number of hydrogen-bond acceptors (Lipinski definition) is 2. The Bertz CT molecular complexity index is 641. The average Bonchev–Trinajstić information content (AvgIpc) is 2.47. The van der Waals surface area contributed by atoms with E-state index in [4.69, 9.17) is 4.74 Å². The fraction of sp³-hybridized carbons (Fsp3) is 0.250. The molecule has 3 rings (SSSR count). The van der Waals surface area contributed by atoms with Crippen molar-refractivity contribution in [1.82, 2.24) is 5.32 Å². The SMILES string of the molecule is Cl.FC(F)(F)c1ccc(Oc2ccc3c(c2)CNCC3)cc1. The lowest BCUT2D eigenvalue weighted by Crippen LogP contribution is -2.23. The van der Waals surface area contributed by atoms with Crippen LogP contribution in [0.5, 0.6) is 11.5 Å². The van der Waals surface area contributed by atoms with Crippen molar-refractivity contribution in [1.29, 1.82) is 0 Å². The zero-order chi connectivity index (χ0) is 14.9. The molecule has 0 spiro atoms. The second-order valence-corrected chi connectivity index (χ2v) is 4.98. The second kappa shape index (κ2) is 6.58. The van der Waals surface area contributed by atoms with E-state index < -0.39 is 11.7 Å². The van der Waals surface area contributed by atoms with E-state index in [1.54, 1.807) is 0 Å². The van der Waals surface area contributed by atoms with Crippen molar-refractivity contribution in [3.8, 4) is 11.5 Å². The first-order valence-electron chi connectivity index (χ1n) is 6.70. The van der Waals surface area contributed by atoms with Crippen LogP contribution in [0.4, 0.5) is 13.2 Å². The Kier molecular flexibility index (Phi) is 4.98. The van der Waals surface area contributed by atoms with Crippen molar-refractivity contribution in [2.75, 3.05) is 6.54 Å². The van der Waals surface area contributed by atoms with Gasteiger partial charge in [-0.1, -0.05) is 6.07 Å². The lowest BCUT2D eigenvalue weighted by atomic mass is 10.0. The molecule has 0 saturated carbocycles. The maximum Gasteiger partial charge on any atom is 0.416 e. The number of ether oxygens (including phenoxy) is 1. The summed E-state index contributed by atoms with van der Waals surface area (Å²) in [5.41, 5.74) is 1.78. The highest BCUT2D eigenvalue weighted by molar-refractivity contribution is 5.85. The van der Waals surface area contributed by atoms with Gasteiger partial charge in [0, 0.05) is 6.54 Å². The molecule has 0 radical (unpaired) electrons. The van der Waals surface area contributed by atoms with Crippen LogP contribution in [0, 0.1) is 0 Å². The maximum atomic E-state index is 12.5. The third kappa shape index (κ3) is 3.72. The van der Waals surface area contributed by atoms with Crippen molar-refractivity contribution in [2.24, 2.45) is 0 Å². The Morgan fingerprint density at radius 2 is 1.59 bits per heavy atom. The van der Waals surface area contributed by atoms with Gasteiger partial charge in [-0.2, -0.15) is 13.2 Å². The van der Waals surface area contributed by atoms with E-state index >= 15 is 0 Å².